The molecule has 0 rings (SSSR count). The molecular formula is C63H122N38O15. The van der Waals surface area contributed by atoms with Gasteiger partial charge in [-0.2, -0.15) is 0 Å². The molecule has 0 heterocycles. The van der Waals surface area contributed by atoms with Gasteiger partial charge in [-0.15, -0.1) is 0 Å². The molecule has 0 aliphatic rings. The van der Waals surface area contributed by atoms with Crippen LogP contribution in [0.4, 0.5) is 0 Å². The fourth-order valence-corrected chi connectivity index (χ4v) is 10.6. The van der Waals surface area contributed by atoms with E-state index < -0.39 is 229 Å². The SMILES string of the molecule is N=C(N)NCCC[C@H](NC(=O)[C@H](CCCNC(=N)N)NC(=O)[C@H](CCC(N)=O)NC(=O)[C@H](CCCNC(=N)N)NC(=O)[C@H](CCCNC(=N)N)NC(=O)[C@H](CCC(N)=O)NC(=O)[C@H](CCCNC(=N)N)NC(=O)[C@H](CCCNC(=N)N)NC(=O)[C@H](CCC(N)=O)NC(=O)[C@H](CCCNC(=N)N)NC(=O)[C@@H](N)CCCNC(=N)N)C(=O)O. The summed E-state index contributed by atoms with van der Waals surface area (Å²) in [6, 6.07) is -17.9. The highest BCUT2D eigenvalue weighted by molar-refractivity contribution is 6.00. The topological polar surface area (TPSA) is 979 Å². The molecule has 0 aromatic carbocycles. The van der Waals surface area contributed by atoms with Gasteiger partial charge in [-0.25, -0.2) is 4.79 Å². The molecule has 0 bridgehead atoms. The van der Waals surface area contributed by atoms with Gasteiger partial charge >= 0.3 is 5.97 Å². The van der Waals surface area contributed by atoms with Crippen molar-refractivity contribution in [2.75, 3.05) is 52.4 Å². The lowest BCUT2D eigenvalue weighted by atomic mass is 10.0. The van der Waals surface area contributed by atoms with E-state index in [4.69, 9.17) is 112 Å². The lowest BCUT2D eigenvalue weighted by Gasteiger charge is -2.28. The molecule has 13 amide bonds. The third-order valence-electron chi connectivity index (χ3n) is 16.6. The number of nitrogens with one attached hydrogen (secondary N) is 26. The average Bonchev–Trinajstić information content (AvgIpc) is 0.823. The molecule has 0 unspecified atom stereocenters. The second kappa shape index (κ2) is 57.7. The molecular weight excluding hydrogens is 1530 g/mol. The van der Waals surface area contributed by atoms with Crippen molar-refractivity contribution in [1.82, 2.24) is 95.7 Å². The van der Waals surface area contributed by atoms with Crippen LogP contribution in [0.2, 0.25) is 0 Å². The number of hydrogen-bond donors (Lipinski definition) is 39. The number of carbonyl (C=O) groups excluding carboxylic acids is 13. The Kier molecular flexibility index (Phi) is 51.1. The molecule has 0 aliphatic carbocycles. The second-order valence-corrected chi connectivity index (χ2v) is 26.4. The van der Waals surface area contributed by atoms with Crippen molar-refractivity contribution in [3.63, 3.8) is 0 Å². The molecule has 0 spiro atoms. The van der Waals surface area contributed by atoms with Crippen molar-refractivity contribution in [3.05, 3.63) is 0 Å². The quantitative estimate of drug-likeness (QED) is 0.0153. The highest BCUT2D eigenvalue weighted by Crippen LogP contribution is 2.13. The van der Waals surface area contributed by atoms with Gasteiger partial charge in [0.05, 0.1) is 6.04 Å². The van der Waals surface area contributed by atoms with Crippen LogP contribution in [0.15, 0.2) is 0 Å². The first-order valence-corrected chi connectivity index (χ1v) is 37.0. The average molecular weight is 1650 g/mol. The highest BCUT2D eigenvalue weighted by atomic mass is 16.4. The molecule has 0 aliphatic heterocycles. The largest absolute Gasteiger partial charge is 0.480 e. The number of carbonyl (C=O) groups is 14. The van der Waals surface area contributed by atoms with Gasteiger partial charge in [0.15, 0.2) is 47.7 Å². The van der Waals surface area contributed by atoms with E-state index in [9.17, 15) is 72.2 Å². The molecule has 11 atom stereocenters. The predicted molar refractivity (Wildman–Crippen MR) is 423 cm³/mol. The van der Waals surface area contributed by atoms with Crippen molar-refractivity contribution in [1.29, 1.82) is 43.3 Å². The molecule has 53 heteroatoms. The Labute approximate surface area is 668 Å². The van der Waals surface area contributed by atoms with E-state index >= 15 is 0 Å². The molecule has 654 valence electrons. The predicted octanol–water partition coefficient (Wildman–Crippen LogP) is -13.9. The van der Waals surface area contributed by atoms with E-state index in [0.29, 0.717) is 0 Å². The molecule has 51 N–H and O–H groups in total. The summed E-state index contributed by atoms with van der Waals surface area (Å²) >= 11 is 0. The van der Waals surface area contributed by atoms with Crippen LogP contribution in [0.3, 0.4) is 0 Å². The van der Waals surface area contributed by atoms with Crippen LogP contribution in [0.5, 0.6) is 0 Å². The van der Waals surface area contributed by atoms with E-state index in [2.05, 4.69) is 95.7 Å². The maximum absolute atomic E-state index is 14.8. The summed E-state index contributed by atoms with van der Waals surface area (Å²) in [5, 5.41) is 116. The van der Waals surface area contributed by atoms with Gasteiger partial charge in [-0.3, -0.25) is 106 Å². The lowest BCUT2D eigenvalue weighted by Crippen LogP contribution is -2.61. The zero-order valence-corrected chi connectivity index (χ0v) is 64.7. The summed E-state index contributed by atoms with van der Waals surface area (Å²) < 4.78 is 0. The Morgan fingerprint density at radius 2 is 0.353 bits per heavy atom. The van der Waals surface area contributed by atoms with Crippen LogP contribution in [-0.4, -0.2) is 254 Å². The van der Waals surface area contributed by atoms with Crippen LogP contribution in [0.1, 0.15) is 141 Å². The summed E-state index contributed by atoms with van der Waals surface area (Å²) in [6.07, 6.45) is -5.08. The summed E-state index contributed by atoms with van der Waals surface area (Å²) in [4.78, 5) is 193. The number of carboxylic acid groups (broad SMARTS) is 1. The highest BCUT2D eigenvalue weighted by Gasteiger charge is 2.37. The molecule has 116 heavy (non-hydrogen) atoms. The van der Waals surface area contributed by atoms with Crippen LogP contribution in [0, 0.1) is 43.3 Å². The molecule has 0 radical (unpaired) electrons. The Morgan fingerprint density at radius 3 is 0.509 bits per heavy atom. The summed E-state index contributed by atoms with van der Waals surface area (Å²) in [7, 11) is 0. The van der Waals surface area contributed by atoms with Gasteiger partial charge in [0.1, 0.15) is 60.4 Å². The fourth-order valence-electron chi connectivity index (χ4n) is 10.6. The number of amides is 13. The van der Waals surface area contributed by atoms with E-state index in [1.807, 2.05) is 0 Å². The molecule has 53 nitrogen and oxygen atoms in total. The lowest BCUT2D eigenvalue weighted by molar-refractivity contribution is -0.142. The summed E-state index contributed by atoms with van der Waals surface area (Å²) in [5.41, 5.74) is 66.2. The number of guanidine groups is 8. The van der Waals surface area contributed by atoms with E-state index in [-0.39, 0.29) is 161 Å². The van der Waals surface area contributed by atoms with Crippen molar-refractivity contribution in [2.24, 2.45) is 68.8 Å². The number of hydrogen-bond acceptors (Lipinski definition) is 23. The zero-order valence-electron chi connectivity index (χ0n) is 64.7. The second-order valence-electron chi connectivity index (χ2n) is 26.4. The number of aliphatic carboxylic acids is 1. The van der Waals surface area contributed by atoms with Gasteiger partial charge in [0.2, 0.25) is 76.8 Å². The molecule has 0 aromatic heterocycles. The normalized spacial score (nSPS) is 13.5. The van der Waals surface area contributed by atoms with Crippen LogP contribution < -0.4 is 165 Å². The van der Waals surface area contributed by atoms with Crippen molar-refractivity contribution in [3.8, 4) is 0 Å². The standard InChI is InChI=1S/C63H122N38O15/c64-31(9-1-23-84-56(68)69)45(105)92-32(10-2-24-85-57(70)71)46(106)98-38(17-20-42(65)102)52(112)95-33(11-3-25-86-58(72)73)47(107)93-35(13-5-27-88-60(76)77)49(109)99-39(18-21-43(66)103)53(113)96-34(12-4-26-87-59(74)75)48(108)94-36(14-6-28-89-61(78)79)50(110)100-40(19-22-44(67)104)54(114)97-37(15-7-29-90-62(80)81)51(111)101-41(55(115)116)16-8-30-91-63(82)83/h31-41H,1-30,64H2,(H2,65,102)(H2,66,103)(H2,67,104)(H,92,105)(H,93,107)(H,94,108)(H,95,112)(H,96,113)(H,97,114)(H,98,106)(H,99,109)(H,100,110)(H,101,111)(H,115,116)(H4,68,69,84)(H4,70,71,85)(H4,72,73,86)(H4,74,75,87)(H4,76,77,88)(H4,78,79,89)(H4,80,81,90)(H4,82,83,91)/t31-,32-,33-,34-,35-,36-,37-,38-,39-,40-,41-/m0/s1. The first kappa shape index (κ1) is 103. The van der Waals surface area contributed by atoms with E-state index in [0.717, 1.165) is 0 Å². The molecule has 0 saturated heterocycles. The first-order chi connectivity index (χ1) is 54.5. The third kappa shape index (κ3) is 49.9. The van der Waals surface area contributed by atoms with Crippen LogP contribution in [-0.2, 0) is 67.1 Å². The molecule has 0 fully saturated rings. The van der Waals surface area contributed by atoms with Gasteiger partial charge < -0.3 is 170 Å². The minimum Gasteiger partial charge on any atom is -0.480 e. The summed E-state index contributed by atoms with van der Waals surface area (Å²) in [5.74, 6) is -18.7. The van der Waals surface area contributed by atoms with E-state index in [1.54, 1.807) is 0 Å². The van der Waals surface area contributed by atoms with E-state index in [1.165, 1.54) is 0 Å². The van der Waals surface area contributed by atoms with Gasteiger partial charge in [-0.05, 0) is 122 Å². The minimum absolute atomic E-state index is 0.0196. The van der Waals surface area contributed by atoms with Crippen molar-refractivity contribution >= 4 is 130 Å². The summed E-state index contributed by atoms with van der Waals surface area (Å²) in [6.45, 7) is -0.164. The van der Waals surface area contributed by atoms with Crippen molar-refractivity contribution < 1.29 is 72.2 Å². The number of nitrogens with two attached hydrogens (primary N) is 12. The molecule has 0 aromatic rings. The van der Waals surface area contributed by atoms with Crippen molar-refractivity contribution in [2.45, 2.75) is 208 Å². The fraction of sp³-hybridized carbons (Fsp3) is 0.651. The third-order valence-corrected chi connectivity index (χ3v) is 16.6. The Bertz CT molecular complexity index is 3370. The number of rotatable bonds is 62. The van der Waals surface area contributed by atoms with Gasteiger partial charge in [0.25, 0.3) is 0 Å². The van der Waals surface area contributed by atoms with Crippen LogP contribution in [0.25, 0.3) is 0 Å². The van der Waals surface area contributed by atoms with Gasteiger partial charge in [0, 0.05) is 71.6 Å². The smallest absolute Gasteiger partial charge is 0.326 e. The number of primary amides is 3. The Hall–Kier alpha value is -13.3. The maximum Gasteiger partial charge on any atom is 0.326 e. The van der Waals surface area contributed by atoms with Crippen LogP contribution >= 0.6 is 0 Å². The first-order valence-electron chi connectivity index (χ1n) is 37.0. The Morgan fingerprint density at radius 1 is 0.216 bits per heavy atom. The Balaban J connectivity index is 7.86. The monoisotopic (exact) mass is 1650 g/mol. The van der Waals surface area contributed by atoms with Gasteiger partial charge in [-0.1, -0.05) is 0 Å². The maximum atomic E-state index is 14.8. The zero-order chi connectivity index (χ0) is 88.0. The molecule has 0 saturated carbocycles. The number of carboxylic acids is 1. The minimum atomic E-state index is -1.84.